The maximum atomic E-state index is 13.8. The Bertz CT molecular complexity index is 1410. The van der Waals surface area contributed by atoms with Gasteiger partial charge in [-0.2, -0.15) is 0 Å². The monoisotopic (exact) mass is 776 g/mol. The van der Waals surface area contributed by atoms with Crippen molar-refractivity contribution in [3.05, 3.63) is 35.9 Å². The van der Waals surface area contributed by atoms with E-state index in [1.165, 1.54) is 19.6 Å². The summed E-state index contributed by atoms with van der Waals surface area (Å²) in [6.45, 7) is 15.3. The van der Waals surface area contributed by atoms with Crippen molar-refractivity contribution in [3.63, 3.8) is 0 Å². The Morgan fingerprint density at radius 3 is 1.44 bits per heavy atom. The fourth-order valence-electron chi connectivity index (χ4n) is 5.06. The number of amides is 6. The molecule has 1 saturated heterocycles. The number of ether oxygens (including phenoxy) is 4. The first kappa shape index (κ1) is 46.1. The first-order chi connectivity index (χ1) is 25.6. The minimum atomic E-state index is -1.15. The van der Waals surface area contributed by atoms with Gasteiger partial charge in [-0.15, -0.1) is 0 Å². The van der Waals surface area contributed by atoms with E-state index in [4.69, 9.17) is 18.9 Å². The second-order valence-electron chi connectivity index (χ2n) is 16.0. The third-order valence-corrected chi connectivity index (χ3v) is 7.75. The molecule has 1 aliphatic rings. The molecule has 17 heteroatoms. The standard InChI is InChI=1S/C38H60N6O11/c1-36(2,3)53-33(49)42-19-17-41(18-20-43(34(50)54-37(4,5)6)22-24-44(23-21-42)35(51)55-38(7,8)9)30(46)16-15-29(40-27-45)32(48)39-25-31(47)52-26-28-13-11-10-12-14-28/h10-14,27,29H,15-26H2,1-9H3,(H,39,48)(H,40,45)/t29-/m0/s1. The van der Waals surface area contributed by atoms with Crippen molar-refractivity contribution in [2.45, 2.75) is 105 Å². The predicted octanol–water partition coefficient (Wildman–Crippen LogP) is 3.29. The molecular weight excluding hydrogens is 716 g/mol. The highest BCUT2D eigenvalue weighted by atomic mass is 16.6. The molecule has 1 aromatic rings. The highest BCUT2D eigenvalue weighted by Gasteiger charge is 2.31. The first-order valence-electron chi connectivity index (χ1n) is 18.5. The van der Waals surface area contributed by atoms with Crippen LogP contribution in [-0.4, -0.2) is 144 Å². The van der Waals surface area contributed by atoms with Gasteiger partial charge in [0.15, 0.2) is 0 Å². The van der Waals surface area contributed by atoms with Gasteiger partial charge in [0.2, 0.25) is 18.2 Å². The molecule has 1 aliphatic heterocycles. The number of hydrogen-bond donors (Lipinski definition) is 2. The number of nitrogens with zero attached hydrogens (tertiary/aromatic N) is 4. The Morgan fingerprint density at radius 1 is 0.655 bits per heavy atom. The number of nitrogens with one attached hydrogen (secondary N) is 2. The summed E-state index contributed by atoms with van der Waals surface area (Å²) in [6.07, 6.45) is -1.91. The summed E-state index contributed by atoms with van der Waals surface area (Å²) in [5.41, 5.74) is -1.68. The molecule has 1 aromatic carbocycles. The molecular formula is C38H60N6O11. The van der Waals surface area contributed by atoms with Crippen LogP contribution in [0, 0.1) is 0 Å². The maximum absolute atomic E-state index is 13.8. The smallest absolute Gasteiger partial charge is 0.410 e. The molecule has 17 nitrogen and oxygen atoms in total. The van der Waals surface area contributed by atoms with Crippen LogP contribution in [-0.2, 0) is 44.7 Å². The van der Waals surface area contributed by atoms with E-state index in [2.05, 4.69) is 10.6 Å². The Morgan fingerprint density at radius 2 is 1.05 bits per heavy atom. The van der Waals surface area contributed by atoms with E-state index in [0.29, 0.717) is 6.41 Å². The first-order valence-corrected chi connectivity index (χ1v) is 18.5. The summed E-state index contributed by atoms with van der Waals surface area (Å²) in [4.78, 5) is 96.0. The van der Waals surface area contributed by atoms with E-state index in [-0.39, 0.29) is 71.8 Å². The summed E-state index contributed by atoms with van der Waals surface area (Å²) in [7, 11) is 0. The summed E-state index contributed by atoms with van der Waals surface area (Å²) in [6, 6.07) is 7.86. The van der Waals surface area contributed by atoms with Crippen molar-refractivity contribution < 1.29 is 52.5 Å². The lowest BCUT2D eigenvalue weighted by molar-refractivity contribution is -0.145. The van der Waals surface area contributed by atoms with Gasteiger partial charge < -0.3 is 49.2 Å². The van der Waals surface area contributed by atoms with Crippen LogP contribution in [0.1, 0.15) is 80.7 Å². The van der Waals surface area contributed by atoms with Crippen LogP contribution >= 0.6 is 0 Å². The van der Waals surface area contributed by atoms with Crippen molar-refractivity contribution in [1.82, 2.24) is 30.2 Å². The lowest BCUT2D eigenvalue weighted by Gasteiger charge is -2.36. The van der Waals surface area contributed by atoms with E-state index in [0.717, 1.165) is 5.56 Å². The van der Waals surface area contributed by atoms with Gasteiger partial charge in [-0.3, -0.25) is 19.2 Å². The predicted molar refractivity (Wildman–Crippen MR) is 201 cm³/mol. The molecule has 0 unspecified atom stereocenters. The maximum Gasteiger partial charge on any atom is 0.410 e. The summed E-state index contributed by atoms with van der Waals surface area (Å²) >= 11 is 0. The van der Waals surface area contributed by atoms with Crippen molar-refractivity contribution in [2.75, 3.05) is 58.9 Å². The number of benzene rings is 1. The van der Waals surface area contributed by atoms with Crippen LogP contribution in [0.4, 0.5) is 14.4 Å². The minimum Gasteiger partial charge on any atom is -0.460 e. The molecule has 0 radical (unpaired) electrons. The molecule has 0 bridgehead atoms. The van der Waals surface area contributed by atoms with E-state index < -0.39 is 65.5 Å². The Kier molecular flexibility index (Phi) is 17.7. The zero-order chi connectivity index (χ0) is 41.4. The second-order valence-corrected chi connectivity index (χ2v) is 16.0. The second kappa shape index (κ2) is 21.1. The average molecular weight is 777 g/mol. The van der Waals surface area contributed by atoms with Crippen LogP contribution < -0.4 is 10.6 Å². The van der Waals surface area contributed by atoms with Gasteiger partial charge in [-0.25, -0.2) is 14.4 Å². The van der Waals surface area contributed by atoms with Gasteiger partial charge in [-0.1, -0.05) is 30.3 Å². The number of esters is 1. The van der Waals surface area contributed by atoms with Gasteiger partial charge in [-0.05, 0) is 74.3 Å². The van der Waals surface area contributed by atoms with Crippen molar-refractivity contribution in [1.29, 1.82) is 0 Å². The zero-order valence-corrected chi connectivity index (χ0v) is 33.8. The molecule has 55 heavy (non-hydrogen) atoms. The van der Waals surface area contributed by atoms with Crippen molar-refractivity contribution in [3.8, 4) is 0 Å². The normalized spacial score (nSPS) is 15.4. The van der Waals surface area contributed by atoms with Crippen molar-refractivity contribution in [2.24, 2.45) is 0 Å². The molecule has 0 aromatic heterocycles. The van der Waals surface area contributed by atoms with Crippen LogP contribution in [0.5, 0.6) is 0 Å². The molecule has 308 valence electrons. The lowest BCUT2D eigenvalue weighted by atomic mass is 10.1. The quantitative estimate of drug-likeness (QED) is 0.201. The lowest BCUT2D eigenvalue weighted by Crippen LogP contribution is -2.52. The highest BCUT2D eigenvalue weighted by Crippen LogP contribution is 2.15. The minimum absolute atomic E-state index is 0.0108. The third kappa shape index (κ3) is 18.7. The van der Waals surface area contributed by atoms with Gasteiger partial charge in [0.25, 0.3) is 0 Å². The highest BCUT2D eigenvalue weighted by molar-refractivity contribution is 5.87. The molecule has 0 aliphatic carbocycles. The summed E-state index contributed by atoms with van der Waals surface area (Å²) in [5, 5.41) is 4.83. The number of carbonyl (C=O) groups is 7. The molecule has 0 spiro atoms. The van der Waals surface area contributed by atoms with Gasteiger partial charge in [0, 0.05) is 58.8 Å². The molecule has 6 amide bonds. The van der Waals surface area contributed by atoms with Crippen LogP contribution in [0.15, 0.2) is 30.3 Å². The van der Waals surface area contributed by atoms with E-state index >= 15 is 0 Å². The van der Waals surface area contributed by atoms with Crippen LogP contribution in [0.3, 0.4) is 0 Å². The molecule has 2 N–H and O–H groups in total. The number of carbonyl (C=O) groups excluding carboxylic acids is 7. The molecule has 1 heterocycles. The van der Waals surface area contributed by atoms with Gasteiger partial charge in [0.05, 0.1) is 0 Å². The molecule has 2 rings (SSSR count). The fraction of sp³-hybridized carbons (Fsp3) is 0.658. The van der Waals surface area contributed by atoms with Gasteiger partial charge >= 0.3 is 24.2 Å². The topological polar surface area (TPSA) is 193 Å². The Hall–Kier alpha value is -5.09. The molecule has 1 atom stereocenters. The SMILES string of the molecule is CC(C)(C)OC(=O)N1CCN(C(=O)CC[C@H](NC=O)C(=O)NCC(=O)OCc2ccccc2)CCN(C(=O)OC(C)(C)C)CCN(C(=O)OC(C)(C)C)CC1. The van der Waals surface area contributed by atoms with E-state index in [1.807, 2.05) is 6.07 Å². The Balaban J connectivity index is 2.25. The average Bonchev–Trinajstić information content (AvgIpc) is 3.06. The van der Waals surface area contributed by atoms with Gasteiger partial charge in [0.1, 0.15) is 36.0 Å². The fourth-order valence-corrected chi connectivity index (χ4v) is 5.06. The largest absolute Gasteiger partial charge is 0.460 e. The number of hydrogen-bond acceptors (Lipinski definition) is 11. The Labute approximate surface area is 324 Å². The molecule has 0 saturated carbocycles. The zero-order valence-electron chi connectivity index (χ0n) is 33.8. The number of rotatable bonds is 10. The molecule has 1 fully saturated rings. The van der Waals surface area contributed by atoms with Crippen molar-refractivity contribution >= 4 is 42.5 Å². The van der Waals surface area contributed by atoms with E-state index in [1.54, 1.807) is 86.6 Å². The summed E-state index contributed by atoms with van der Waals surface area (Å²) < 4.78 is 22.1. The third-order valence-electron chi connectivity index (χ3n) is 7.75. The van der Waals surface area contributed by atoms with Crippen LogP contribution in [0.2, 0.25) is 0 Å². The van der Waals surface area contributed by atoms with Crippen LogP contribution in [0.25, 0.3) is 0 Å². The summed E-state index contributed by atoms with van der Waals surface area (Å²) in [5.74, 6) is -1.80. The van der Waals surface area contributed by atoms with E-state index in [9.17, 15) is 33.6 Å².